The zero-order chi connectivity index (χ0) is 16.0. The molecule has 0 saturated carbocycles. The van der Waals surface area contributed by atoms with Crippen LogP contribution in [-0.4, -0.2) is 27.4 Å². The highest BCUT2D eigenvalue weighted by Crippen LogP contribution is 2.40. The molecule has 4 N–H and O–H groups in total. The minimum absolute atomic E-state index is 0.285. The van der Waals surface area contributed by atoms with Gasteiger partial charge in [0.15, 0.2) is 0 Å². The lowest BCUT2D eigenvalue weighted by molar-refractivity contribution is 0.138. The first kappa shape index (κ1) is 16.2. The molecule has 0 amide bonds. The third-order valence-corrected chi connectivity index (χ3v) is 5.38. The summed E-state index contributed by atoms with van der Waals surface area (Å²) in [5.41, 5.74) is 7.65. The molecule has 7 heteroatoms. The van der Waals surface area contributed by atoms with Crippen molar-refractivity contribution in [1.29, 1.82) is 0 Å². The topological polar surface area (TPSA) is 93.5 Å². The fourth-order valence-electron chi connectivity index (χ4n) is 2.74. The van der Waals surface area contributed by atoms with Crippen molar-refractivity contribution in [1.82, 2.24) is 10.0 Å². The van der Waals surface area contributed by atoms with Crippen molar-refractivity contribution in [2.45, 2.75) is 50.9 Å². The van der Waals surface area contributed by atoms with Gasteiger partial charge in [-0.25, -0.2) is 8.42 Å². The van der Waals surface area contributed by atoms with Crippen LogP contribution in [0.5, 0.6) is 5.75 Å². The molecule has 21 heavy (non-hydrogen) atoms. The first-order chi connectivity index (χ1) is 9.57. The fourth-order valence-corrected chi connectivity index (χ4v) is 4.31. The van der Waals surface area contributed by atoms with Gasteiger partial charge in [-0.2, -0.15) is 4.72 Å². The van der Waals surface area contributed by atoms with Gasteiger partial charge in [-0.15, -0.1) is 0 Å². The molecule has 1 atom stereocenters. The van der Waals surface area contributed by atoms with Crippen LogP contribution >= 0.6 is 0 Å². The van der Waals surface area contributed by atoms with E-state index in [0.717, 1.165) is 16.9 Å². The molecule has 0 fully saturated rings. The van der Waals surface area contributed by atoms with Gasteiger partial charge >= 0.3 is 0 Å². The Labute approximate surface area is 126 Å². The second kappa shape index (κ2) is 5.24. The quantitative estimate of drug-likeness (QED) is 0.714. The standard InChI is InChI=1S/C14H23N3O3S/c1-8-6-11-10(7-14(3,4)20-11)9(2)12(8)21(18,19)17-13(15)16-5/h6,13,16-17H,7,15H2,1-5H3. The molecule has 0 aromatic heterocycles. The van der Waals surface area contributed by atoms with E-state index < -0.39 is 16.3 Å². The molecular formula is C14H23N3O3S. The van der Waals surface area contributed by atoms with Crippen molar-refractivity contribution in [3.05, 3.63) is 22.8 Å². The number of rotatable bonds is 4. The molecular weight excluding hydrogens is 290 g/mol. The number of hydrogen-bond acceptors (Lipinski definition) is 5. The summed E-state index contributed by atoms with van der Waals surface area (Å²) in [4.78, 5) is 0.285. The molecule has 118 valence electrons. The lowest BCUT2D eigenvalue weighted by atomic mass is 9.97. The number of fused-ring (bicyclic) bond motifs is 1. The lowest BCUT2D eigenvalue weighted by Gasteiger charge is -2.18. The molecule has 0 spiro atoms. The third kappa shape index (κ3) is 3.06. The smallest absolute Gasteiger partial charge is 0.243 e. The monoisotopic (exact) mass is 313 g/mol. The van der Waals surface area contributed by atoms with Gasteiger partial charge < -0.3 is 10.5 Å². The van der Waals surface area contributed by atoms with E-state index in [2.05, 4.69) is 10.0 Å². The average Bonchev–Trinajstić information content (AvgIpc) is 2.62. The number of nitrogens with one attached hydrogen (secondary N) is 2. The third-order valence-electron chi connectivity index (χ3n) is 3.65. The van der Waals surface area contributed by atoms with E-state index in [1.807, 2.05) is 20.8 Å². The minimum atomic E-state index is -3.68. The SMILES string of the molecule is CNC(N)NS(=O)(=O)c1c(C)cc2c(c1C)CC(C)(C)O2. The zero-order valence-electron chi connectivity index (χ0n) is 13.1. The molecule has 1 aromatic rings. The van der Waals surface area contributed by atoms with Gasteiger partial charge in [0.2, 0.25) is 10.0 Å². The molecule has 0 saturated heterocycles. The molecule has 1 aliphatic rings. The molecule has 1 heterocycles. The summed E-state index contributed by atoms with van der Waals surface area (Å²) in [6.07, 6.45) is -0.135. The summed E-state index contributed by atoms with van der Waals surface area (Å²) >= 11 is 0. The maximum Gasteiger partial charge on any atom is 0.243 e. The molecule has 1 unspecified atom stereocenters. The molecule has 1 aliphatic heterocycles. The zero-order valence-corrected chi connectivity index (χ0v) is 13.9. The number of ether oxygens (including phenoxy) is 1. The number of benzene rings is 1. The average molecular weight is 313 g/mol. The van der Waals surface area contributed by atoms with Crippen LogP contribution in [0, 0.1) is 13.8 Å². The fraction of sp³-hybridized carbons (Fsp3) is 0.571. The Hall–Kier alpha value is -1.15. The number of aryl methyl sites for hydroxylation is 1. The van der Waals surface area contributed by atoms with E-state index in [9.17, 15) is 8.42 Å². The highest BCUT2D eigenvalue weighted by molar-refractivity contribution is 7.89. The van der Waals surface area contributed by atoms with Crippen molar-refractivity contribution in [3.8, 4) is 5.75 Å². The minimum Gasteiger partial charge on any atom is -0.487 e. The van der Waals surface area contributed by atoms with Crippen LogP contribution in [0.15, 0.2) is 11.0 Å². The van der Waals surface area contributed by atoms with Crippen molar-refractivity contribution < 1.29 is 13.2 Å². The van der Waals surface area contributed by atoms with E-state index in [1.165, 1.54) is 0 Å². The van der Waals surface area contributed by atoms with Crippen LogP contribution in [0.4, 0.5) is 0 Å². The van der Waals surface area contributed by atoms with Crippen LogP contribution in [-0.2, 0) is 16.4 Å². The Kier molecular flexibility index (Phi) is 4.05. The van der Waals surface area contributed by atoms with Crippen molar-refractivity contribution in [2.24, 2.45) is 5.73 Å². The van der Waals surface area contributed by atoms with Crippen molar-refractivity contribution in [3.63, 3.8) is 0 Å². The van der Waals surface area contributed by atoms with Crippen LogP contribution in [0.2, 0.25) is 0 Å². The maximum absolute atomic E-state index is 12.5. The van der Waals surface area contributed by atoms with Crippen molar-refractivity contribution in [2.75, 3.05) is 7.05 Å². The van der Waals surface area contributed by atoms with Gasteiger partial charge in [-0.3, -0.25) is 5.32 Å². The Balaban J connectivity index is 2.53. The predicted molar refractivity (Wildman–Crippen MR) is 81.7 cm³/mol. The van der Waals surface area contributed by atoms with Gasteiger partial charge in [0, 0.05) is 12.0 Å². The summed E-state index contributed by atoms with van der Waals surface area (Å²) in [5.74, 6) is 0.770. The lowest BCUT2D eigenvalue weighted by Crippen LogP contribution is -2.50. The molecule has 2 rings (SSSR count). The van der Waals surface area contributed by atoms with Gasteiger partial charge in [0.05, 0.1) is 4.90 Å². The predicted octanol–water partition coefficient (Wildman–Crippen LogP) is 0.757. The van der Waals surface area contributed by atoms with Crippen molar-refractivity contribution >= 4 is 10.0 Å². The first-order valence-electron chi connectivity index (χ1n) is 6.84. The Bertz CT molecular complexity index is 669. The van der Waals surface area contributed by atoms with E-state index in [-0.39, 0.29) is 10.5 Å². The maximum atomic E-state index is 12.5. The molecule has 0 aliphatic carbocycles. The summed E-state index contributed by atoms with van der Waals surface area (Å²) < 4.78 is 33.4. The summed E-state index contributed by atoms with van der Waals surface area (Å²) in [6, 6.07) is 1.79. The normalized spacial score (nSPS) is 18.2. The summed E-state index contributed by atoms with van der Waals surface area (Å²) in [7, 11) is -2.10. The highest BCUT2D eigenvalue weighted by atomic mass is 32.2. The van der Waals surface area contributed by atoms with E-state index in [1.54, 1.807) is 20.0 Å². The second-order valence-electron chi connectivity index (χ2n) is 6.05. The summed E-state index contributed by atoms with van der Waals surface area (Å²) in [5, 5.41) is 2.66. The van der Waals surface area contributed by atoms with Crippen LogP contribution in [0.3, 0.4) is 0 Å². The van der Waals surface area contributed by atoms with Crippen LogP contribution < -0.4 is 20.5 Å². The molecule has 6 nitrogen and oxygen atoms in total. The molecule has 0 bridgehead atoms. The van der Waals surface area contributed by atoms with Gasteiger partial charge in [-0.1, -0.05) is 0 Å². The van der Waals surface area contributed by atoms with Gasteiger partial charge in [0.25, 0.3) is 0 Å². The van der Waals surface area contributed by atoms with Crippen LogP contribution in [0.25, 0.3) is 0 Å². The Morgan fingerprint density at radius 2 is 2.00 bits per heavy atom. The number of sulfonamides is 1. The van der Waals surface area contributed by atoms with Gasteiger partial charge in [0.1, 0.15) is 17.6 Å². The Morgan fingerprint density at radius 3 is 2.57 bits per heavy atom. The van der Waals surface area contributed by atoms with E-state index in [0.29, 0.717) is 12.0 Å². The van der Waals surface area contributed by atoms with Gasteiger partial charge in [-0.05, 0) is 51.9 Å². The number of nitrogens with two attached hydrogens (primary N) is 1. The molecule has 1 aromatic carbocycles. The van der Waals surface area contributed by atoms with Crippen LogP contribution in [0.1, 0.15) is 30.5 Å². The Morgan fingerprint density at radius 1 is 1.38 bits per heavy atom. The van der Waals surface area contributed by atoms with E-state index >= 15 is 0 Å². The second-order valence-corrected chi connectivity index (χ2v) is 7.70. The highest BCUT2D eigenvalue weighted by Gasteiger charge is 2.34. The largest absolute Gasteiger partial charge is 0.487 e. The summed E-state index contributed by atoms with van der Waals surface area (Å²) in [6.45, 7) is 7.56. The number of hydrogen-bond donors (Lipinski definition) is 3. The van der Waals surface area contributed by atoms with E-state index in [4.69, 9.17) is 10.5 Å². The first-order valence-corrected chi connectivity index (χ1v) is 8.33. The molecule has 0 radical (unpaired) electrons.